The number of anilines is 1. The quantitative estimate of drug-likeness (QED) is 0.400. The molecule has 4 rings (SSSR count). The molecule has 1 aromatic heterocycles. The first-order valence-corrected chi connectivity index (χ1v) is 9.63. The lowest BCUT2D eigenvalue weighted by Crippen LogP contribution is -2.06. The molecule has 8 heteroatoms. The normalized spacial score (nSPS) is 14.1. The summed E-state index contributed by atoms with van der Waals surface area (Å²) in [5.41, 5.74) is 4.37. The van der Waals surface area contributed by atoms with Crippen LogP contribution in [-0.2, 0) is 0 Å². The van der Waals surface area contributed by atoms with E-state index in [4.69, 9.17) is 5.32 Å². The Bertz CT molecular complexity index is 972. The number of aromatic nitrogens is 1. The molecule has 0 amide bonds. The first kappa shape index (κ1) is 25.9. The number of ketones is 1. The van der Waals surface area contributed by atoms with Crippen molar-refractivity contribution in [3.8, 4) is 0 Å². The maximum atomic E-state index is 12.6. The van der Waals surface area contributed by atoms with Crippen molar-refractivity contribution in [1.82, 2.24) is 4.98 Å². The maximum Gasteiger partial charge on any atom is 0.193 e. The van der Waals surface area contributed by atoms with Crippen molar-refractivity contribution in [2.45, 2.75) is 5.37 Å². The van der Waals surface area contributed by atoms with Crippen LogP contribution in [0.15, 0.2) is 90.2 Å². The molecule has 2 aromatic carbocycles. The monoisotopic (exact) mass is 480 g/mol. The van der Waals surface area contributed by atoms with Crippen molar-refractivity contribution < 1.29 is 4.79 Å². The highest BCUT2D eigenvalue weighted by Gasteiger charge is 2.10. The zero-order chi connectivity index (χ0) is 18.5. The van der Waals surface area contributed by atoms with Gasteiger partial charge in [0.1, 0.15) is 0 Å². The van der Waals surface area contributed by atoms with Gasteiger partial charge in [-0.2, -0.15) is 0 Å². The minimum atomic E-state index is 0. The van der Waals surface area contributed by atoms with Gasteiger partial charge in [-0.05, 0) is 34.5 Å². The lowest BCUT2D eigenvalue weighted by molar-refractivity contribution is 0.103. The third kappa shape index (κ3) is 6.41. The highest BCUT2D eigenvalue weighted by atomic mass is 35.5. The van der Waals surface area contributed by atoms with Gasteiger partial charge in [0.2, 0.25) is 0 Å². The molecule has 0 aliphatic carbocycles. The van der Waals surface area contributed by atoms with Gasteiger partial charge in [-0.3, -0.25) is 9.78 Å². The Labute approximate surface area is 199 Å². The molecule has 1 aliphatic heterocycles. The summed E-state index contributed by atoms with van der Waals surface area (Å²) >= 11 is 1.68. The van der Waals surface area contributed by atoms with Crippen molar-refractivity contribution in [2.75, 3.05) is 11.9 Å². The summed E-state index contributed by atoms with van der Waals surface area (Å²) in [5, 5.41) is 10.2. The summed E-state index contributed by atoms with van der Waals surface area (Å²) in [6.07, 6.45) is 3.62. The fourth-order valence-corrected chi connectivity index (χ4v) is 3.76. The Balaban J connectivity index is 0.00000150. The van der Waals surface area contributed by atoms with E-state index < -0.39 is 0 Å². The van der Waals surface area contributed by atoms with E-state index in [0.29, 0.717) is 17.7 Å². The number of nitrogens with zero attached hydrogens (tertiary/aromatic N) is 2. The molecule has 0 saturated heterocycles. The predicted octanol–water partition coefficient (Wildman–Crippen LogP) is 6.65. The minimum Gasteiger partial charge on any atom is -0.671 e. The van der Waals surface area contributed by atoms with Crippen LogP contribution in [0.25, 0.3) is 5.32 Å². The van der Waals surface area contributed by atoms with Crippen molar-refractivity contribution in [3.05, 3.63) is 112 Å². The zero-order valence-electron chi connectivity index (χ0n) is 15.8. The summed E-state index contributed by atoms with van der Waals surface area (Å²) in [7, 11) is 0. The van der Waals surface area contributed by atoms with Gasteiger partial charge in [-0.1, -0.05) is 48.5 Å². The van der Waals surface area contributed by atoms with Crippen LogP contribution in [0, 0.1) is 0 Å². The van der Waals surface area contributed by atoms with Crippen LogP contribution in [0.3, 0.4) is 0 Å². The molecule has 1 unspecified atom stereocenters. The highest BCUT2D eigenvalue weighted by molar-refractivity contribution is 8.02. The van der Waals surface area contributed by atoms with E-state index in [1.807, 2.05) is 72.9 Å². The van der Waals surface area contributed by atoms with E-state index >= 15 is 0 Å². The Hall–Kier alpha value is -2.18. The number of pyridine rings is 1. The molecular weight excluding hydrogens is 461 g/mol. The lowest BCUT2D eigenvalue weighted by atomic mass is 10.0. The number of hydrogen-bond donors (Lipinski definition) is 1. The number of carbonyl (C=O) groups excluding carboxylic acids is 1. The van der Waals surface area contributed by atoms with Gasteiger partial charge >= 0.3 is 0 Å². The molecule has 1 aliphatic rings. The largest absolute Gasteiger partial charge is 0.671 e. The average Bonchev–Trinajstić information content (AvgIpc) is 3.22. The fourth-order valence-electron chi connectivity index (χ4n) is 2.84. The molecule has 2 heterocycles. The second-order valence-corrected chi connectivity index (χ2v) is 7.10. The molecule has 30 heavy (non-hydrogen) atoms. The molecule has 1 N–H and O–H groups in total. The number of halogens is 3. The van der Waals surface area contributed by atoms with Crippen molar-refractivity contribution in [3.63, 3.8) is 0 Å². The number of nitrogens with one attached hydrogen (secondary N) is 1. The van der Waals surface area contributed by atoms with E-state index in [0.717, 1.165) is 16.9 Å². The summed E-state index contributed by atoms with van der Waals surface area (Å²) in [5.74, 6) is 0.0243. The van der Waals surface area contributed by atoms with Gasteiger partial charge in [0.25, 0.3) is 0 Å². The highest BCUT2D eigenvalue weighted by Crippen LogP contribution is 2.43. The molecule has 3 aromatic rings. The van der Waals surface area contributed by atoms with E-state index in [2.05, 4.69) is 15.7 Å². The lowest BCUT2D eigenvalue weighted by Gasteiger charge is -2.27. The van der Waals surface area contributed by atoms with Crippen LogP contribution in [-0.4, -0.2) is 17.3 Å². The Kier molecular flexibility index (Phi) is 10.8. The van der Waals surface area contributed by atoms with Crippen LogP contribution >= 0.6 is 49.0 Å². The smallest absolute Gasteiger partial charge is 0.193 e. The third-order valence-corrected chi connectivity index (χ3v) is 5.26. The number of carbonyl (C=O) groups is 1. The number of benzene rings is 2. The molecular formula is C22H21Cl3N3OS-. The Morgan fingerprint density at radius 3 is 2.47 bits per heavy atom. The molecule has 0 fully saturated rings. The zero-order valence-corrected chi connectivity index (χ0v) is 19.1. The third-order valence-electron chi connectivity index (χ3n) is 4.22. The fraction of sp³-hybridized carbons (Fsp3) is 0.0909. The SMILES string of the molecule is Cl.Cl.Cl.O=C(c1ccccc1)c1cccc(NCC2=CSC(c3cccnc3)[N-]2)c1. The summed E-state index contributed by atoms with van der Waals surface area (Å²) in [4.78, 5) is 16.7. The predicted molar refractivity (Wildman–Crippen MR) is 133 cm³/mol. The van der Waals surface area contributed by atoms with Gasteiger partial charge in [0.05, 0.1) is 0 Å². The summed E-state index contributed by atoms with van der Waals surface area (Å²) in [6.45, 7) is 0.618. The summed E-state index contributed by atoms with van der Waals surface area (Å²) < 4.78 is 0. The van der Waals surface area contributed by atoms with Gasteiger partial charge < -0.3 is 10.6 Å². The Morgan fingerprint density at radius 1 is 0.967 bits per heavy atom. The second-order valence-electron chi connectivity index (χ2n) is 6.14. The van der Waals surface area contributed by atoms with Gasteiger partial charge in [0, 0.05) is 35.8 Å². The summed E-state index contributed by atoms with van der Waals surface area (Å²) in [6, 6.07) is 20.9. The van der Waals surface area contributed by atoms with E-state index in [-0.39, 0.29) is 48.4 Å². The van der Waals surface area contributed by atoms with Crippen molar-refractivity contribution in [2.24, 2.45) is 0 Å². The van der Waals surface area contributed by atoms with Crippen molar-refractivity contribution >= 4 is 60.5 Å². The van der Waals surface area contributed by atoms with Crippen LogP contribution in [0.5, 0.6) is 0 Å². The average molecular weight is 482 g/mol. The number of rotatable bonds is 6. The molecule has 0 spiro atoms. The molecule has 1 atom stereocenters. The number of hydrogen-bond acceptors (Lipinski definition) is 4. The van der Waals surface area contributed by atoms with Gasteiger partial charge in [-0.25, -0.2) is 0 Å². The van der Waals surface area contributed by atoms with E-state index in [9.17, 15) is 4.79 Å². The molecule has 0 bridgehead atoms. The molecule has 0 radical (unpaired) electrons. The van der Waals surface area contributed by atoms with E-state index in [1.54, 1.807) is 18.0 Å². The molecule has 158 valence electrons. The van der Waals surface area contributed by atoms with E-state index in [1.165, 1.54) is 0 Å². The Morgan fingerprint density at radius 2 is 1.73 bits per heavy atom. The van der Waals surface area contributed by atoms with Crippen LogP contribution < -0.4 is 5.32 Å². The first-order valence-electron chi connectivity index (χ1n) is 8.68. The first-order chi connectivity index (χ1) is 13.3. The molecule has 4 nitrogen and oxygen atoms in total. The number of thioether (sulfide) groups is 1. The molecule has 0 saturated carbocycles. The van der Waals surface area contributed by atoms with Crippen LogP contribution in [0.4, 0.5) is 5.69 Å². The van der Waals surface area contributed by atoms with Crippen molar-refractivity contribution in [1.29, 1.82) is 0 Å². The second kappa shape index (κ2) is 12.5. The van der Waals surface area contributed by atoms with Crippen LogP contribution in [0.1, 0.15) is 26.9 Å². The minimum absolute atomic E-state index is 0. The van der Waals surface area contributed by atoms with Gasteiger partial charge in [-0.15, -0.1) is 54.7 Å². The standard InChI is InChI=1S/C22H18N3OS.3ClH/c26-21(16-6-2-1-3-7-16)17-8-4-10-19(12-17)24-14-20-15-27-22(25-20)18-9-5-11-23-13-18;;;/h1-13,15,22,24H,14H2;3*1H/q-1;;;. The van der Waals surface area contributed by atoms with Gasteiger partial charge in [0.15, 0.2) is 5.78 Å². The topological polar surface area (TPSA) is 56.1 Å². The van der Waals surface area contributed by atoms with Crippen LogP contribution in [0.2, 0.25) is 0 Å². The maximum absolute atomic E-state index is 12.6.